The van der Waals surface area contributed by atoms with Crippen LogP contribution in [0.1, 0.15) is 37.0 Å². The number of pyridine rings is 1. The van der Waals surface area contributed by atoms with E-state index in [1.807, 2.05) is 18.5 Å². The van der Waals surface area contributed by atoms with E-state index in [-0.39, 0.29) is 0 Å². The highest BCUT2D eigenvalue weighted by molar-refractivity contribution is 5.66. The summed E-state index contributed by atoms with van der Waals surface area (Å²) in [6.45, 7) is 9.02. The van der Waals surface area contributed by atoms with Crippen LogP contribution in [0.3, 0.4) is 0 Å². The van der Waals surface area contributed by atoms with Crippen LogP contribution in [0.5, 0.6) is 0 Å². The Hall–Kier alpha value is -2.76. The van der Waals surface area contributed by atoms with Crippen molar-refractivity contribution in [3.63, 3.8) is 0 Å². The third kappa shape index (κ3) is 2.77. The van der Waals surface area contributed by atoms with Gasteiger partial charge in [-0.2, -0.15) is 0 Å². The molecule has 6 nitrogen and oxygen atoms in total. The lowest BCUT2D eigenvalue weighted by atomic mass is 10.00. The number of nitrogens with zero attached hydrogens (tertiary/aromatic N) is 6. The summed E-state index contributed by atoms with van der Waals surface area (Å²) in [5.74, 6) is 2.32. The number of anilines is 1. The Kier molecular flexibility index (Phi) is 3.95. The van der Waals surface area contributed by atoms with E-state index in [1.165, 1.54) is 5.69 Å². The van der Waals surface area contributed by atoms with Crippen molar-refractivity contribution in [3.8, 4) is 11.3 Å². The van der Waals surface area contributed by atoms with Crippen molar-refractivity contribution in [1.29, 1.82) is 0 Å². The van der Waals surface area contributed by atoms with Crippen molar-refractivity contribution in [2.45, 2.75) is 39.8 Å². The maximum Gasteiger partial charge on any atom is 0.147 e. The first kappa shape index (κ1) is 15.7. The van der Waals surface area contributed by atoms with Crippen LogP contribution < -0.4 is 4.90 Å². The van der Waals surface area contributed by atoms with Crippen molar-refractivity contribution >= 4 is 5.82 Å². The summed E-state index contributed by atoms with van der Waals surface area (Å²) in [6, 6.07) is 4.12. The van der Waals surface area contributed by atoms with Crippen LogP contribution in [0.15, 0.2) is 36.9 Å². The Labute approximate surface area is 147 Å². The molecule has 0 saturated carbocycles. The zero-order valence-corrected chi connectivity index (χ0v) is 14.8. The average molecular weight is 334 g/mol. The van der Waals surface area contributed by atoms with Gasteiger partial charge in [-0.05, 0) is 25.0 Å². The molecule has 4 rings (SSSR count). The molecule has 0 atom stereocenters. The SMILES string of the molecule is Cc1nc(-c2cccnc2C(C)C)c2n1CCN(c1cnccn1)C2. The number of imidazole rings is 1. The Morgan fingerprint density at radius 3 is 2.72 bits per heavy atom. The van der Waals surface area contributed by atoms with E-state index < -0.39 is 0 Å². The van der Waals surface area contributed by atoms with Crippen LogP contribution in [-0.4, -0.2) is 31.0 Å². The van der Waals surface area contributed by atoms with E-state index in [1.54, 1.807) is 12.4 Å². The highest BCUT2D eigenvalue weighted by Crippen LogP contribution is 2.32. The Bertz CT molecular complexity index is 884. The molecule has 25 heavy (non-hydrogen) atoms. The van der Waals surface area contributed by atoms with E-state index in [9.17, 15) is 0 Å². The van der Waals surface area contributed by atoms with Crippen LogP contribution >= 0.6 is 0 Å². The molecule has 0 N–H and O–H groups in total. The van der Waals surface area contributed by atoms with Crippen LogP contribution in [0.2, 0.25) is 0 Å². The first-order valence-electron chi connectivity index (χ1n) is 8.67. The monoisotopic (exact) mass is 334 g/mol. The first-order chi connectivity index (χ1) is 12.1. The van der Waals surface area contributed by atoms with Crippen LogP contribution in [-0.2, 0) is 13.1 Å². The molecule has 0 amide bonds. The normalized spacial score (nSPS) is 14.0. The second-order valence-corrected chi connectivity index (χ2v) is 6.68. The number of hydrogen-bond donors (Lipinski definition) is 0. The standard InChI is InChI=1S/C19H22N6/c1-13(2)18-15(5-4-6-22-18)19-16-12-24(17-11-20-7-8-21-17)9-10-25(16)14(3)23-19/h4-8,11,13H,9-10,12H2,1-3H3. The van der Waals surface area contributed by atoms with Crippen LogP contribution in [0.25, 0.3) is 11.3 Å². The van der Waals surface area contributed by atoms with Gasteiger partial charge in [-0.3, -0.25) is 9.97 Å². The highest BCUT2D eigenvalue weighted by atomic mass is 15.3. The molecular formula is C19H22N6. The number of aryl methyl sites for hydroxylation is 1. The lowest BCUT2D eigenvalue weighted by Gasteiger charge is -2.30. The Morgan fingerprint density at radius 2 is 1.96 bits per heavy atom. The molecule has 0 aliphatic carbocycles. The fraction of sp³-hybridized carbons (Fsp3) is 0.368. The Morgan fingerprint density at radius 1 is 1.08 bits per heavy atom. The average Bonchev–Trinajstić information content (AvgIpc) is 2.98. The lowest BCUT2D eigenvalue weighted by molar-refractivity contribution is 0.556. The fourth-order valence-electron chi connectivity index (χ4n) is 3.49. The topological polar surface area (TPSA) is 59.7 Å². The molecule has 0 saturated heterocycles. The molecule has 0 radical (unpaired) electrons. The van der Waals surface area contributed by atoms with Gasteiger partial charge in [-0.25, -0.2) is 9.97 Å². The highest BCUT2D eigenvalue weighted by Gasteiger charge is 2.25. The third-order valence-corrected chi connectivity index (χ3v) is 4.71. The van der Waals surface area contributed by atoms with E-state index in [0.717, 1.165) is 48.2 Å². The number of aromatic nitrogens is 5. The maximum absolute atomic E-state index is 4.89. The molecule has 0 unspecified atom stereocenters. The smallest absolute Gasteiger partial charge is 0.147 e. The lowest BCUT2D eigenvalue weighted by Crippen LogP contribution is -2.34. The minimum Gasteiger partial charge on any atom is -0.348 e. The molecule has 3 aromatic rings. The molecular weight excluding hydrogens is 312 g/mol. The maximum atomic E-state index is 4.89. The zero-order chi connectivity index (χ0) is 17.4. The predicted octanol–water partition coefficient (Wildman–Crippen LogP) is 3.19. The second-order valence-electron chi connectivity index (χ2n) is 6.68. The summed E-state index contributed by atoms with van der Waals surface area (Å²) in [5, 5.41) is 0. The van der Waals surface area contributed by atoms with Gasteiger partial charge in [0.2, 0.25) is 0 Å². The van der Waals surface area contributed by atoms with Gasteiger partial charge in [-0.1, -0.05) is 13.8 Å². The van der Waals surface area contributed by atoms with E-state index in [2.05, 4.69) is 51.3 Å². The van der Waals surface area contributed by atoms with Crippen molar-refractivity contribution in [2.24, 2.45) is 0 Å². The van der Waals surface area contributed by atoms with Gasteiger partial charge in [0.15, 0.2) is 0 Å². The van der Waals surface area contributed by atoms with Crippen molar-refractivity contribution in [3.05, 3.63) is 54.1 Å². The molecule has 6 heteroatoms. The minimum absolute atomic E-state index is 0.355. The van der Waals surface area contributed by atoms with Crippen molar-refractivity contribution in [1.82, 2.24) is 24.5 Å². The molecule has 128 valence electrons. The van der Waals surface area contributed by atoms with Crippen LogP contribution in [0.4, 0.5) is 5.82 Å². The van der Waals surface area contributed by atoms with Gasteiger partial charge in [0.25, 0.3) is 0 Å². The molecule has 4 heterocycles. The first-order valence-corrected chi connectivity index (χ1v) is 8.67. The quantitative estimate of drug-likeness (QED) is 0.736. The number of hydrogen-bond acceptors (Lipinski definition) is 5. The van der Waals surface area contributed by atoms with Crippen molar-refractivity contribution in [2.75, 3.05) is 11.4 Å². The van der Waals surface area contributed by atoms with Gasteiger partial charge in [0, 0.05) is 37.2 Å². The van der Waals surface area contributed by atoms with E-state index in [0.29, 0.717) is 5.92 Å². The van der Waals surface area contributed by atoms with Crippen LogP contribution in [0, 0.1) is 6.92 Å². The molecule has 1 aliphatic heterocycles. The fourth-order valence-corrected chi connectivity index (χ4v) is 3.49. The molecule has 3 aromatic heterocycles. The minimum atomic E-state index is 0.355. The largest absolute Gasteiger partial charge is 0.348 e. The summed E-state index contributed by atoms with van der Waals surface area (Å²) in [5.41, 5.74) is 4.50. The zero-order valence-electron chi connectivity index (χ0n) is 14.8. The summed E-state index contributed by atoms with van der Waals surface area (Å²) in [7, 11) is 0. The third-order valence-electron chi connectivity index (χ3n) is 4.71. The molecule has 0 bridgehead atoms. The number of fused-ring (bicyclic) bond motifs is 1. The van der Waals surface area contributed by atoms with E-state index in [4.69, 9.17) is 4.98 Å². The van der Waals surface area contributed by atoms with E-state index >= 15 is 0 Å². The molecule has 0 aromatic carbocycles. The summed E-state index contributed by atoms with van der Waals surface area (Å²) in [6.07, 6.45) is 7.13. The summed E-state index contributed by atoms with van der Waals surface area (Å²) in [4.78, 5) is 20.4. The van der Waals surface area contributed by atoms with Gasteiger partial charge < -0.3 is 9.47 Å². The van der Waals surface area contributed by atoms with Crippen molar-refractivity contribution < 1.29 is 0 Å². The molecule has 1 aliphatic rings. The summed E-state index contributed by atoms with van der Waals surface area (Å²) < 4.78 is 2.32. The van der Waals surface area contributed by atoms with Gasteiger partial charge in [-0.15, -0.1) is 0 Å². The second kappa shape index (κ2) is 6.27. The van der Waals surface area contributed by atoms with Gasteiger partial charge in [0.05, 0.1) is 29.8 Å². The number of rotatable bonds is 3. The van der Waals surface area contributed by atoms with Gasteiger partial charge >= 0.3 is 0 Å². The van der Waals surface area contributed by atoms with Gasteiger partial charge in [0.1, 0.15) is 11.6 Å². The predicted molar refractivity (Wildman–Crippen MR) is 97.4 cm³/mol. The molecule has 0 fully saturated rings. The Balaban J connectivity index is 1.79. The molecule has 0 spiro atoms. The summed E-state index contributed by atoms with van der Waals surface area (Å²) >= 11 is 0.